The zero-order valence-corrected chi connectivity index (χ0v) is 14.5. The van der Waals surface area contributed by atoms with Gasteiger partial charge in [-0.25, -0.2) is 0 Å². The van der Waals surface area contributed by atoms with Gasteiger partial charge in [0.05, 0.1) is 0 Å². The topological polar surface area (TPSA) is 46.2 Å². The molecule has 3 nitrogen and oxygen atoms in total. The van der Waals surface area contributed by atoms with Gasteiger partial charge in [0.25, 0.3) is 0 Å². The first-order valence-electron chi connectivity index (χ1n) is 8.47. The number of benzene rings is 2. The molecule has 0 aromatic heterocycles. The summed E-state index contributed by atoms with van der Waals surface area (Å²) < 4.78 is 0. The van der Waals surface area contributed by atoms with Crippen LogP contribution in [-0.4, -0.2) is 18.2 Å². The number of nitrogens with one attached hydrogen (secondary N) is 1. The fourth-order valence-electron chi connectivity index (χ4n) is 2.65. The van der Waals surface area contributed by atoms with Crippen molar-refractivity contribution in [3.63, 3.8) is 0 Å². The fourth-order valence-corrected chi connectivity index (χ4v) is 2.65. The van der Waals surface area contributed by atoms with Crippen molar-refractivity contribution >= 4 is 11.7 Å². The molecule has 0 atom stereocenters. The van der Waals surface area contributed by atoms with E-state index in [-0.39, 0.29) is 24.5 Å². The maximum atomic E-state index is 12.3. The number of hydrogen-bond acceptors (Lipinski definition) is 2. The standard InChI is InChI=1S/C21H25NO2/c1-16-10-11-17(2)19(15-16)20(23)12-13-21(24)22-14-6-9-18-7-4-3-5-8-18/h3-5,7-8,10-11,15H,6,9,12-14H2,1-2H3,(H,22,24). The Balaban J connectivity index is 1.69. The van der Waals surface area contributed by atoms with Crippen LogP contribution < -0.4 is 5.32 Å². The van der Waals surface area contributed by atoms with Gasteiger partial charge in [-0.1, -0.05) is 48.0 Å². The van der Waals surface area contributed by atoms with Gasteiger partial charge in [-0.3, -0.25) is 9.59 Å². The first-order chi connectivity index (χ1) is 11.6. The first kappa shape index (κ1) is 17.9. The van der Waals surface area contributed by atoms with Crippen LogP contribution in [0.3, 0.4) is 0 Å². The molecule has 0 spiro atoms. The van der Waals surface area contributed by atoms with Gasteiger partial charge in [-0.05, 0) is 43.9 Å². The SMILES string of the molecule is Cc1ccc(C)c(C(=O)CCC(=O)NCCCc2ccccc2)c1. The molecule has 24 heavy (non-hydrogen) atoms. The van der Waals surface area contributed by atoms with Crippen molar-refractivity contribution in [3.8, 4) is 0 Å². The van der Waals surface area contributed by atoms with Gasteiger partial charge in [0.2, 0.25) is 5.91 Å². The Morgan fingerprint density at radius 3 is 2.46 bits per heavy atom. The van der Waals surface area contributed by atoms with Gasteiger partial charge in [0.1, 0.15) is 0 Å². The van der Waals surface area contributed by atoms with Gasteiger partial charge in [0, 0.05) is 24.9 Å². The van der Waals surface area contributed by atoms with Crippen molar-refractivity contribution in [2.45, 2.75) is 39.5 Å². The third-order valence-corrected chi connectivity index (χ3v) is 4.08. The summed E-state index contributed by atoms with van der Waals surface area (Å²) in [5.74, 6) is -0.0163. The lowest BCUT2D eigenvalue weighted by atomic mass is 9.99. The second-order valence-electron chi connectivity index (χ2n) is 6.18. The molecule has 1 amide bonds. The summed E-state index contributed by atoms with van der Waals surface area (Å²) in [7, 11) is 0. The largest absolute Gasteiger partial charge is 0.356 e. The molecule has 2 rings (SSSR count). The fraction of sp³-hybridized carbons (Fsp3) is 0.333. The minimum absolute atomic E-state index is 0.0376. The van der Waals surface area contributed by atoms with E-state index < -0.39 is 0 Å². The third-order valence-electron chi connectivity index (χ3n) is 4.08. The normalized spacial score (nSPS) is 10.4. The Labute approximate surface area is 144 Å². The second kappa shape index (κ2) is 9.02. The molecule has 0 heterocycles. The van der Waals surface area contributed by atoms with Gasteiger partial charge in [0.15, 0.2) is 5.78 Å². The number of ketones is 1. The Hall–Kier alpha value is -2.42. The lowest BCUT2D eigenvalue weighted by molar-refractivity contribution is -0.121. The molecule has 0 aliphatic rings. The average molecular weight is 323 g/mol. The van der Waals surface area contributed by atoms with Crippen LogP contribution in [0.25, 0.3) is 0 Å². The van der Waals surface area contributed by atoms with E-state index >= 15 is 0 Å². The molecule has 126 valence electrons. The molecule has 0 saturated heterocycles. The number of carbonyl (C=O) groups excluding carboxylic acids is 2. The molecule has 0 saturated carbocycles. The van der Waals surface area contributed by atoms with Crippen molar-refractivity contribution in [1.29, 1.82) is 0 Å². The molecular formula is C21H25NO2. The van der Waals surface area contributed by atoms with E-state index in [1.54, 1.807) is 0 Å². The lowest BCUT2D eigenvalue weighted by Crippen LogP contribution is -2.25. The van der Waals surface area contributed by atoms with E-state index in [2.05, 4.69) is 17.4 Å². The third kappa shape index (κ3) is 5.65. The maximum absolute atomic E-state index is 12.3. The highest BCUT2D eigenvalue weighted by atomic mass is 16.2. The van der Waals surface area contributed by atoms with Crippen molar-refractivity contribution in [3.05, 3.63) is 70.8 Å². The van der Waals surface area contributed by atoms with E-state index in [1.165, 1.54) is 5.56 Å². The van der Waals surface area contributed by atoms with E-state index in [1.807, 2.05) is 50.2 Å². The van der Waals surface area contributed by atoms with Crippen LogP contribution in [-0.2, 0) is 11.2 Å². The number of carbonyl (C=O) groups is 2. The summed E-state index contributed by atoms with van der Waals surface area (Å²) in [5, 5.41) is 2.89. The number of aryl methyl sites for hydroxylation is 3. The van der Waals surface area contributed by atoms with E-state index in [0.29, 0.717) is 6.54 Å². The quantitative estimate of drug-likeness (QED) is 0.589. The molecule has 0 aliphatic heterocycles. The number of Topliss-reactive ketones (excluding diaryl/α,β-unsaturated/α-hetero) is 1. The molecule has 2 aromatic rings. The Morgan fingerprint density at radius 2 is 1.71 bits per heavy atom. The predicted octanol–water partition coefficient (Wildman–Crippen LogP) is 4.02. The molecule has 0 unspecified atom stereocenters. The molecular weight excluding hydrogens is 298 g/mol. The highest BCUT2D eigenvalue weighted by Crippen LogP contribution is 2.13. The van der Waals surface area contributed by atoms with Crippen molar-refractivity contribution in [2.75, 3.05) is 6.54 Å². The minimum atomic E-state index is -0.0540. The van der Waals surface area contributed by atoms with Gasteiger partial charge in [-0.15, -0.1) is 0 Å². The number of hydrogen-bond donors (Lipinski definition) is 1. The van der Waals surface area contributed by atoms with Gasteiger partial charge in [-0.2, -0.15) is 0 Å². The Kier molecular flexibility index (Phi) is 6.74. The predicted molar refractivity (Wildman–Crippen MR) is 97.3 cm³/mol. The van der Waals surface area contributed by atoms with Crippen molar-refractivity contribution < 1.29 is 9.59 Å². The summed E-state index contributed by atoms with van der Waals surface area (Å²) in [4.78, 5) is 24.1. The summed E-state index contributed by atoms with van der Waals surface area (Å²) in [6.07, 6.45) is 2.36. The maximum Gasteiger partial charge on any atom is 0.220 e. The van der Waals surface area contributed by atoms with E-state index in [9.17, 15) is 9.59 Å². The monoisotopic (exact) mass is 323 g/mol. The summed E-state index contributed by atoms with van der Waals surface area (Å²) in [6, 6.07) is 16.1. The van der Waals surface area contributed by atoms with Crippen molar-refractivity contribution in [1.82, 2.24) is 5.32 Å². The highest BCUT2D eigenvalue weighted by molar-refractivity contribution is 5.99. The smallest absolute Gasteiger partial charge is 0.220 e. The highest BCUT2D eigenvalue weighted by Gasteiger charge is 2.11. The van der Waals surface area contributed by atoms with Gasteiger partial charge >= 0.3 is 0 Å². The Bertz CT molecular complexity index is 692. The first-order valence-corrected chi connectivity index (χ1v) is 8.47. The van der Waals surface area contributed by atoms with Crippen LogP contribution in [0.4, 0.5) is 0 Å². The zero-order chi connectivity index (χ0) is 17.4. The molecule has 2 aromatic carbocycles. The van der Waals surface area contributed by atoms with Crippen LogP contribution in [0, 0.1) is 13.8 Å². The van der Waals surface area contributed by atoms with Crippen molar-refractivity contribution in [2.24, 2.45) is 0 Å². The molecule has 0 aliphatic carbocycles. The molecule has 3 heteroatoms. The molecule has 1 N–H and O–H groups in total. The zero-order valence-electron chi connectivity index (χ0n) is 14.5. The lowest BCUT2D eigenvalue weighted by Gasteiger charge is -2.07. The number of rotatable bonds is 8. The molecule has 0 bridgehead atoms. The van der Waals surface area contributed by atoms with E-state index in [4.69, 9.17) is 0 Å². The summed E-state index contributed by atoms with van der Waals surface area (Å²) in [5.41, 5.74) is 4.03. The average Bonchev–Trinajstić information content (AvgIpc) is 2.59. The van der Waals surface area contributed by atoms with Gasteiger partial charge < -0.3 is 5.32 Å². The van der Waals surface area contributed by atoms with E-state index in [0.717, 1.165) is 29.5 Å². The van der Waals surface area contributed by atoms with Crippen LogP contribution in [0.1, 0.15) is 46.3 Å². The molecule has 0 fully saturated rings. The van der Waals surface area contributed by atoms with Crippen LogP contribution in [0.5, 0.6) is 0 Å². The number of amides is 1. The Morgan fingerprint density at radius 1 is 0.958 bits per heavy atom. The second-order valence-corrected chi connectivity index (χ2v) is 6.18. The van der Waals surface area contributed by atoms with Crippen LogP contribution >= 0.6 is 0 Å². The minimum Gasteiger partial charge on any atom is -0.356 e. The summed E-state index contributed by atoms with van der Waals surface area (Å²) >= 11 is 0. The van der Waals surface area contributed by atoms with Crippen LogP contribution in [0.2, 0.25) is 0 Å². The molecule has 0 radical (unpaired) electrons. The summed E-state index contributed by atoms with van der Waals surface area (Å²) in [6.45, 7) is 4.54. The van der Waals surface area contributed by atoms with Crippen LogP contribution in [0.15, 0.2) is 48.5 Å².